The molecule has 0 saturated carbocycles. The Bertz CT molecular complexity index is 1030. The summed E-state index contributed by atoms with van der Waals surface area (Å²) in [6.45, 7) is 3.48. The first-order valence-electron chi connectivity index (χ1n) is 10.7. The van der Waals surface area contributed by atoms with Gasteiger partial charge in [-0.05, 0) is 42.2 Å². The van der Waals surface area contributed by atoms with E-state index in [1.807, 2.05) is 32.0 Å². The van der Waals surface area contributed by atoms with Crippen molar-refractivity contribution in [3.05, 3.63) is 59.2 Å². The minimum absolute atomic E-state index is 0.0325. The fourth-order valence-electron chi connectivity index (χ4n) is 3.87. The van der Waals surface area contributed by atoms with Gasteiger partial charge < -0.3 is 15.0 Å². The molecule has 1 atom stereocenters. The zero-order valence-corrected chi connectivity index (χ0v) is 18.4. The molecule has 0 aliphatic carbocycles. The summed E-state index contributed by atoms with van der Waals surface area (Å²) in [6, 6.07) is 10.00. The second-order valence-corrected chi connectivity index (χ2v) is 7.77. The molecule has 2 aromatic rings. The third-order valence-electron chi connectivity index (χ3n) is 5.51. The Morgan fingerprint density at radius 1 is 1.09 bits per heavy atom. The average molecular weight is 462 g/mol. The van der Waals surface area contributed by atoms with Crippen LogP contribution in [0, 0.1) is 5.92 Å². The molecule has 9 heteroatoms. The number of nitrogens with one attached hydrogen (secondary N) is 1. The molecule has 6 nitrogen and oxygen atoms in total. The number of rotatable bonds is 7. The van der Waals surface area contributed by atoms with Crippen LogP contribution in [0.2, 0.25) is 0 Å². The standard InChI is InChI=1S/C24H25F3N2O4/c1-3-15-7-5-8-16(4-2)22(15)29-13-17(11-21(29)31)23(32)33-14-20(30)28-19-10-6-9-18(12-19)24(25,26)27/h5-10,12,17H,3-4,11,13-14H2,1-2H3,(H,28,30)/t17-/m1/s1. The monoisotopic (exact) mass is 462 g/mol. The highest BCUT2D eigenvalue weighted by Gasteiger charge is 2.37. The lowest BCUT2D eigenvalue weighted by atomic mass is 10.0. The number of anilines is 2. The Hall–Kier alpha value is -3.36. The highest BCUT2D eigenvalue weighted by molar-refractivity contribution is 6.01. The molecule has 1 fully saturated rings. The van der Waals surface area contributed by atoms with Gasteiger partial charge in [-0.2, -0.15) is 13.2 Å². The summed E-state index contributed by atoms with van der Waals surface area (Å²) in [5.74, 6) is -2.39. The van der Waals surface area contributed by atoms with Crippen molar-refractivity contribution >= 4 is 29.2 Å². The lowest BCUT2D eigenvalue weighted by molar-refractivity contribution is -0.151. The van der Waals surface area contributed by atoms with Crippen LogP contribution in [0.15, 0.2) is 42.5 Å². The molecule has 3 rings (SSSR count). The summed E-state index contributed by atoms with van der Waals surface area (Å²) < 4.78 is 43.4. The van der Waals surface area contributed by atoms with Gasteiger partial charge >= 0.3 is 12.1 Å². The van der Waals surface area contributed by atoms with E-state index in [9.17, 15) is 27.6 Å². The number of nitrogens with zero attached hydrogens (tertiary/aromatic N) is 1. The van der Waals surface area contributed by atoms with Crippen LogP contribution < -0.4 is 10.2 Å². The van der Waals surface area contributed by atoms with Gasteiger partial charge in [0.2, 0.25) is 5.91 Å². The van der Waals surface area contributed by atoms with E-state index < -0.39 is 36.1 Å². The maximum atomic E-state index is 12.8. The number of benzene rings is 2. The second kappa shape index (κ2) is 10.1. The Morgan fingerprint density at radius 3 is 2.33 bits per heavy atom. The van der Waals surface area contributed by atoms with Crippen LogP contribution in [0.5, 0.6) is 0 Å². The zero-order valence-electron chi connectivity index (χ0n) is 18.4. The van der Waals surface area contributed by atoms with Gasteiger partial charge in [-0.15, -0.1) is 0 Å². The Morgan fingerprint density at radius 2 is 1.73 bits per heavy atom. The largest absolute Gasteiger partial charge is 0.455 e. The Balaban J connectivity index is 1.60. The van der Waals surface area contributed by atoms with Gasteiger partial charge in [-0.25, -0.2) is 0 Å². The van der Waals surface area contributed by atoms with E-state index in [2.05, 4.69) is 5.32 Å². The Labute approximate surface area is 189 Å². The number of hydrogen-bond acceptors (Lipinski definition) is 4. The van der Waals surface area contributed by atoms with Crippen LogP contribution in [0.4, 0.5) is 24.5 Å². The fraction of sp³-hybridized carbons (Fsp3) is 0.375. The van der Waals surface area contributed by atoms with E-state index >= 15 is 0 Å². The van der Waals surface area contributed by atoms with Crippen LogP contribution >= 0.6 is 0 Å². The van der Waals surface area contributed by atoms with Gasteiger partial charge in [-0.1, -0.05) is 38.1 Å². The molecule has 33 heavy (non-hydrogen) atoms. The van der Waals surface area contributed by atoms with Gasteiger partial charge in [-0.3, -0.25) is 14.4 Å². The van der Waals surface area contributed by atoms with Gasteiger partial charge in [0.1, 0.15) is 0 Å². The van der Waals surface area contributed by atoms with E-state index in [4.69, 9.17) is 4.74 Å². The number of aryl methyl sites for hydroxylation is 2. The molecule has 2 amide bonds. The van der Waals surface area contributed by atoms with Crippen molar-refractivity contribution in [3.8, 4) is 0 Å². The molecule has 0 bridgehead atoms. The van der Waals surface area contributed by atoms with Crippen LogP contribution in [0.3, 0.4) is 0 Å². The summed E-state index contributed by atoms with van der Waals surface area (Å²) >= 11 is 0. The number of carbonyl (C=O) groups excluding carboxylic acids is 3. The summed E-state index contributed by atoms with van der Waals surface area (Å²) in [5, 5.41) is 2.28. The first kappa shape index (κ1) is 24.3. The third kappa shape index (κ3) is 5.71. The predicted molar refractivity (Wildman–Crippen MR) is 117 cm³/mol. The molecule has 1 saturated heterocycles. The number of amides is 2. The molecule has 1 aliphatic heterocycles. The maximum absolute atomic E-state index is 12.8. The number of carbonyl (C=O) groups is 3. The molecule has 0 spiro atoms. The average Bonchev–Trinajstić information content (AvgIpc) is 3.17. The Kier molecular flexibility index (Phi) is 7.40. The highest BCUT2D eigenvalue weighted by Crippen LogP contribution is 2.33. The molecule has 0 unspecified atom stereocenters. The van der Waals surface area contributed by atoms with Crippen molar-refractivity contribution in [2.24, 2.45) is 5.92 Å². The zero-order chi connectivity index (χ0) is 24.2. The minimum atomic E-state index is -4.54. The van der Waals surface area contributed by atoms with Gasteiger partial charge in [0.25, 0.3) is 5.91 Å². The summed E-state index contributed by atoms with van der Waals surface area (Å²) in [5.41, 5.74) is 1.89. The molecule has 1 N–H and O–H groups in total. The topological polar surface area (TPSA) is 75.7 Å². The van der Waals surface area contributed by atoms with E-state index in [0.29, 0.717) is 0 Å². The van der Waals surface area contributed by atoms with Crippen LogP contribution in [0.25, 0.3) is 0 Å². The number of esters is 1. The number of para-hydroxylation sites is 1. The number of halogens is 3. The summed E-state index contributed by atoms with van der Waals surface area (Å²) in [6.07, 6.45) is -3.10. The number of ether oxygens (including phenoxy) is 1. The van der Waals surface area contributed by atoms with E-state index in [-0.39, 0.29) is 24.6 Å². The van der Waals surface area contributed by atoms with Gasteiger partial charge in [0.05, 0.1) is 11.5 Å². The maximum Gasteiger partial charge on any atom is 0.416 e. The predicted octanol–water partition coefficient (Wildman–Crippen LogP) is 4.37. The molecule has 1 heterocycles. The van der Waals surface area contributed by atoms with Crippen molar-refractivity contribution < 1.29 is 32.3 Å². The van der Waals surface area contributed by atoms with Crippen LogP contribution in [0.1, 0.15) is 37.0 Å². The van der Waals surface area contributed by atoms with Crippen molar-refractivity contribution in [2.75, 3.05) is 23.4 Å². The van der Waals surface area contributed by atoms with Gasteiger partial charge in [0, 0.05) is 24.3 Å². The van der Waals surface area contributed by atoms with Crippen molar-refractivity contribution in [3.63, 3.8) is 0 Å². The van der Waals surface area contributed by atoms with Crippen molar-refractivity contribution in [2.45, 2.75) is 39.3 Å². The van der Waals surface area contributed by atoms with E-state index in [0.717, 1.165) is 41.8 Å². The normalized spacial score (nSPS) is 16.1. The third-order valence-corrected chi connectivity index (χ3v) is 5.51. The summed E-state index contributed by atoms with van der Waals surface area (Å²) in [4.78, 5) is 38.8. The number of hydrogen-bond donors (Lipinski definition) is 1. The second-order valence-electron chi connectivity index (χ2n) is 7.77. The van der Waals surface area contributed by atoms with Crippen molar-refractivity contribution in [1.82, 2.24) is 0 Å². The lowest BCUT2D eigenvalue weighted by Crippen LogP contribution is -2.29. The van der Waals surface area contributed by atoms with Crippen LogP contribution in [-0.4, -0.2) is 30.9 Å². The number of alkyl halides is 3. The smallest absolute Gasteiger partial charge is 0.416 e. The summed E-state index contributed by atoms with van der Waals surface area (Å²) in [7, 11) is 0. The van der Waals surface area contributed by atoms with Crippen LogP contribution in [-0.2, 0) is 38.1 Å². The molecule has 0 aromatic heterocycles. The first-order valence-corrected chi connectivity index (χ1v) is 10.7. The molecule has 2 aromatic carbocycles. The highest BCUT2D eigenvalue weighted by atomic mass is 19.4. The molecule has 176 valence electrons. The first-order chi connectivity index (χ1) is 15.6. The molecular formula is C24H25F3N2O4. The van der Waals surface area contributed by atoms with E-state index in [1.54, 1.807) is 4.90 Å². The quantitative estimate of drug-likeness (QED) is 0.621. The molecule has 1 aliphatic rings. The molecular weight excluding hydrogens is 437 g/mol. The lowest BCUT2D eigenvalue weighted by Gasteiger charge is -2.23. The SMILES string of the molecule is CCc1cccc(CC)c1N1C[C@H](C(=O)OCC(=O)Nc2cccc(C(F)(F)F)c2)CC1=O. The fourth-order valence-corrected chi connectivity index (χ4v) is 3.87. The minimum Gasteiger partial charge on any atom is -0.455 e. The van der Waals surface area contributed by atoms with Crippen molar-refractivity contribution in [1.29, 1.82) is 0 Å². The van der Waals surface area contributed by atoms with Gasteiger partial charge in [0.15, 0.2) is 6.61 Å². The molecule has 0 radical (unpaired) electrons. The van der Waals surface area contributed by atoms with E-state index in [1.165, 1.54) is 12.1 Å².